The zero-order chi connectivity index (χ0) is 13.5. The second-order valence-electron chi connectivity index (χ2n) is 4.32. The molecule has 1 aromatic heterocycles. The van der Waals surface area contributed by atoms with Crippen LogP contribution in [-0.2, 0) is 6.42 Å². The number of hydrogen-bond acceptors (Lipinski definition) is 4. The van der Waals surface area contributed by atoms with Crippen LogP contribution in [-0.4, -0.2) is 25.2 Å². The summed E-state index contributed by atoms with van der Waals surface area (Å²) in [4.78, 5) is 4.30. The maximum atomic E-state index is 5.76. The van der Waals surface area contributed by atoms with Crippen LogP contribution in [0.25, 0.3) is 11.3 Å². The van der Waals surface area contributed by atoms with Gasteiger partial charge in [0.2, 0.25) is 0 Å². The van der Waals surface area contributed by atoms with E-state index in [0.717, 1.165) is 48.9 Å². The molecule has 1 heterocycles. The standard InChI is InChI=1S/C15H20N2O2/c1-3-9-16-10-8-15-17-11-14(19-15)12-6-4-5-7-13(12)18-2/h4-7,11,16H,3,8-10H2,1-2H3. The summed E-state index contributed by atoms with van der Waals surface area (Å²) in [6.45, 7) is 4.07. The van der Waals surface area contributed by atoms with E-state index in [4.69, 9.17) is 9.15 Å². The summed E-state index contributed by atoms with van der Waals surface area (Å²) >= 11 is 0. The summed E-state index contributed by atoms with van der Waals surface area (Å²) in [7, 11) is 1.66. The Labute approximate surface area is 113 Å². The second-order valence-corrected chi connectivity index (χ2v) is 4.32. The number of rotatable bonds is 7. The quantitative estimate of drug-likeness (QED) is 0.778. The fourth-order valence-electron chi connectivity index (χ4n) is 1.90. The Kier molecular flexibility index (Phi) is 4.98. The average Bonchev–Trinajstić information content (AvgIpc) is 2.92. The minimum absolute atomic E-state index is 0.753. The van der Waals surface area contributed by atoms with E-state index in [1.54, 1.807) is 13.3 Å². The van der Waals surface area contributed by atoms with Crippen molar-refractivity contribution in [1.82, 2.24) is 10.3 Å². The summed E-state index contributed by atoms with van der Waals surface area (Å²) < 4.78 is 11.1. The van der Waals surface area contributed by atoms with Gasteiger partial charge < -0.3 is 14.5 Å². The summed E-state index contributed by atoms with van der Waals surface area (Å²) in [5.74, 6) is 2.31. The van der Waals surface area contributed by atoms with Gasteiger partial charge in [-0.25, -0.2) is 4.98 Å². The van der Waals surface area contributed by atoms with E-state index in [1.165, 1.54) is 0 Å². The highest BCUT2D eigenvalue weighted by Crippen LogP contribution is 2.29. The molecule has 102 valence electrons. The van der Waals surface area contributed by atoms with E-state index in [2.05, 4.69) is 17.2 Å². The van der Waals surface area contributed by atoms with Gasteiger partial charge in [-0.1, -0.05) is 19.1 Å². The van der Waals surface area contributed by atoms with Crippen LogP contribution in [0, 0.1) is 0 Å². The van der Waals surface area contributed by atoms with Crippen molar-refractivity contribution in [3.05, 3.63) is 36.4 Å². The molecule has 0 unspecified atom stereocenters. The molecule has 1 aromatic carbocycles. The third-order valence-corrected chi connectivity index (χ3v) is 2.87. The summed E-state index contributed by atoms with van der Waals surface area (Å²) in [6, 6.07) is 7.79. The normalized spacial score (nSPS) is 10.6. The molecule has 4 nitrogen and oxygen atoms in total. The van der Waals surface area contributed by atoms with Gasteiger partial charge in [0.05, 0.1) is 18.9 Å². The molecule has 0 atom stereocenters. The van der Waals surface area contributed by atoms with Gasteiger partial charge in [-0.3, -0.25) is 0 Å². The molecular weight excluding hydrogens is 240 g/mol. The molecule has 19 heavy (non-hydrogen) atoms. The van der Waals surface area contributed by atoms with E-state index in [1.807, 2.05) is 24.3 Å². The minimum Gasteiger partial charge on any atom is -0.496 e. The van der Waals surface area contributed by atoms with Crippen molar-refractivity contribution in [2.75, 3.05) is 20.2 Å². The van der Waals surface area contributed by atoms with Crippen LogP contribution in [0.5, 0.6) is 5.75 Å². The largest absolute Gasteiger partial charge is 0.496 e. The maximum Gasteiger partial charge on any atom is 0.196 e. The van der Waals surface area contributed by atoms with Gasteiger partial charge in [-0.05, 0) is 25.1 Å². The lowest BCUT2D eigenvalue weighted by molar-refractivity contribution is 0.413. The molecule has 0 aliphatic heterocycles. The van der Waals surface area contributed by atoms with Gasteiger partial charge in [0.1, 0.15) is 5.75 Å². The zero-order valence-corrected chi connectivity index (χ0v) is 11.5. The van der Waals surface area contributed by atoms with Crippen LogP contribution in [0.15, 0.2) is 34.9 Å². The zero-order valence-electron chi connectivity index (χ0n) is 11.5. The predicted molar refractivity (Wildman–Crippen MR) is 75.4 cm³/mol. The number of benzene rings is 1. The van der Waals surface area contributed by atoms with Crippen LogP contribution in [0.2, 0.25) is 0 Å². The van der Waals surface area contributed by atoms with E-state index in [-0.39, 0.29) is 0 Å². The molecule has 0 radical (unpaired) electrons. The molecule has 0 spiro atoms. The highest BCUT2D eigenvalue weighted by Gasteiger charge is 2.10. The van der Waals surface area contributed by atoms with Crippen LogP contribution in [0.3, 0.4) is 0 Å². The van der Waals surface area contributed by atoms with Crippen molar-refractivity contribution in [2.45, 2.75) is 19.8 Å². The highest BCUT2D eigenvalue weighted by atomic mass is 16.5. The average molecular weight is 260 g/mol. The number of aromatic nitrogens is 1. The summed E-state index contributed by atoms with van der Waals surface area (Å²) in [5.41, 5.74) is 0.935. The highest BCUT2D eigenvalue weighted by molar-refractivity contribution is 5.64. The first-order chi connectivity index (χ1) is 9.35. The number of oxazole rings is 1. The van der Waals surface area contributed by atoms with Crippen molar-refractivity contribution in [1.29, 1.82) is 0 Å². The number of hydrogen-bond donors (Lipinski definition) is 1. The molecule has 0 amide bonds. The number of methoxy groups -OCH3 is 1. The molecular formula is C15H20N2O2. The Morgan fingerprint density at radius 2 is 2.11 bits per heavy atom. The van der Waals surface area contributed by atoms with Crippen molar-refractivity contribution in [3.63, 3.8) is 0 Å². The molecule has 2 rings (SSSR count). The lowest BCUT2D eigenvalue weighted by Gasteiger charge is -2.04. The van der Waals surface area contributed by atoms with E-state index in [0.29, 0.717) is 0 Å². The number of para-hydroxylation sites is 1. The van der Waals surface area contributed by atoms with E-state index >= 15 is 0 Å². The van der Waals surface area contributed by atoms with E-state index < -0.39 is 0 Å². The van der Waals surface area contributed by atoms with Crippen molar-refractivity contribution in [2.24, 2.45) is 0 Å². The van der Waals surface area contributed by atoms with Crippen molar-refractivity contribution >= 4 is 0 Å². The Morgan fingerprint density at radius 3 is 2.89 bits per heavy atom. The lowest BCUT2D eigenvalue weighted by Crippen LogP contribution is -2.17. The number of nitrogens with one attached hydrogen (secondary N) is 1. The molecule has 0 saturated carbocycles. The van der Waals surface area contributed by atoms with Crippen molar-refractivity contribution in [3.8, 4) is 17.1 Å². The number of ether oxygens (including phenoxy) is 1. The minimum atomic E-state index is 0.753. The maximum absolute atomic E-state index is 5.76. The first-order valence-electron chi connectivity index (χ1n) is 6.64. The second kappa shape index (κ2) is 6.95. The lowest BCUT2D eigenvalue weighted by atomic mass is 10.1. The fourth-order valence-corrected chi connectivity index (χ4v) is 1.90. The first kappa shape index (κ1) is 13.6. The van der Waals surface area contributed by atoms with Gasteiger partial charge >= 0.3 is 0 Å². The van der Waals surface area contributed by atoms with Gasteiger partial charge in [0.15, 0.2) is 11.7 Å². The Morgan fingerprint density at radius 1 is 1.26 bits per heavy atom. The van der Waals surface area contributed by atoms with Gasteiger partial charge in [0, 0.05) is 13.0 Å². The van der Waals surface area contributed by atoms with E-state index in [9.17, 15) is 0 Å². The fraction of sp³-hybridized carbons (Fsp3) is 0.400. The molecule has 2 aromatic rings. The van der Waals surface area contributed by atoms with Crippen LogP contribution >= 0.6 is 0 Å². The van der Waals surface area contributed by atoms with Crippen LogP contribution in [0.1, 0.15) is 19.2 Å². The predicted octanol–water partition coefficient (Wildman–Crippen LogP) is 2.89. The molecule has 4 heteroatoms. The summed E-state index contributed by atoms with van der Waals surface area (Å²) in [5, 5.41) is 3.33. The third kappa shape index (κ3) is 3.58. The van der Waals surface area contributed by atoms with Gasteiger partial charge in [0.25, 0.3) is 0 Å². The monoisotopic (exact) mass is 260 g/mol. The summed E-state index contributed by atoms with van der Waals surface area (Å²) in [6.07, 6.45) is 3.69. The molecule has 0 bridgehead atoms. The van der Waals surface area contributed by atoms with Gasteiger partial charge in [-0.2, -0.15) is 0 Å². The topological polar surface area (TPSA) is 47.3 Å². The molecule has 0 aliphatic carbocycles. The Hall–Kier alpha value is -1.81. The first-order valence-corrected chi connectivity index (χ1v) is 6.64. The van der Waals surface area contributed by atoms with Crippen molar-refractivity contribution < 1.29 is 9.15 Å². The molecule has 0 fully saturated rings. The van der Waals surface area contributed by atoms with Crippen LogP contribution < -0.4 is 10.1 Å². The SMILES string of the molecule is CCCNCCc1ncc(-c2ccccc2OC)o1. The smallest absolute Gasteiger partial charge is 0.196 e. The Bertz CT molecular complexity index is 508. The molecule has 0 aliphatic rings. The molecule has 1 N–H and O–H groups in total. The van der Waals surface area contributed by atoms with Gasteiger partial charge in [-0.15, -0.1) is 0 Å². The molecule has 0 saturated heterocycles. The third-order valence-electron chi connectivity index (χ3n) is 2.87. The number of nitrogens with zero attached hydrogens (tertiary/aromatic N) is 1. The van der Waals surface area contributed by atoms with Crippen LogP contribution in [0.4, 0.5) is 0 Å². The Balaban J connectivity index is 2.04.